The lowest BCUT2D eigenvalue weighted by Gasteiger charge is -2.03. The van der Waals surface area contributed by atoms with Crippen LogP contribution in [-0.4, -0.2) is 16.1 Å². The molecule has 2 N–H and O–H groups in total. The van der Waals surface area contributed by atoms with E-state index >= 15 is 0 Å². The van der Waals surface area contributed by atoms with Crippen molar-refractivity contribution in [3.8, 4) is 11.1 Å². The van der Waals surface area contributed by atoms with Crippen LogP contribution in [0.5, 0.6) is 0 Å². The zero-order valence-corrected chi connectivity index (χ0v) is 12.2. The topological polar surface area (TPSA) is 53.1 Å². The minimum absolute atomic E-state index is 0.0113. The largest absolute Gasteiger partial charge is 0.481 e. The molecule has 4 heteroatoms. The van der Waals surface area contributed by atoms with E-state index in [9.17, 15) is 4.79 Å². The van der Waals surface area contributed by atoms with Crippen molar-refractivity contribution in [1.29, 1.82) is 0 Å². The lowest BCUT2D eigenvalue weighted by Crippen LogP contribution is -2.00. The van der Waals surface area contributed by atoms with Crippen molar-refractivity contribution in [2.75, 3.05) is 0 Å². The molecule has 0 amide bonds. The first-order valence-electron chi connectivity index (χ1n) is 6.64. The molecule has 106 valence electrons. The molecule has 0 fully saturated rings. The molecule has 2 aromatic carbocycles. The molecule has 1 aromatic heterocycles. The highest BCUT2D eigenvalue weighted by Gasteiger charge is 2.14. The van der Waals surface area contributed by atoms with Gasteiger partial charge in [-0.25, -0.2) is 0 Å². The highest BCUT2D eigenvalue weighted by atomic mass is 35.5. The van der Waals surface area contributed by atoms with Crippen LogP contribution < -0.4 is 0 Å². The maximum Gasteiger partial charge on any atom is 0.307 e. The fraction of sp³-hybridized carbons (Fsp3) is 0.118. The summed E-state index contributed by atoms with van der Waals surface area (Å²) in [5.41, 5.74) is 4.86. The number of carboxylic acids is 1. The predicted octanol–water partition coefficient (Wildman–Crippen LogP) is 4.42. The third kappa shape index (κ3) is 2.52. The first-order chi connectivity index (χ1) is 10.1. The van der Waals surface area contributed by atoms with Crippen molar-refractivity contribution in [3.63, 3.8) is 0 Å². The van der Waals surface area contributed by atoms with Crippen LogP contribution in [0.4, 0.5) is 0 Å². The molecular formula is C17H14ClNO2. The molecule has 0 aliphatic carbocycles. The van der Waals surface area contributed by atoms with Crippen LogP contribution in [-0.2, 0) is 11.2 Å². The molecule has 21 heavy (non-hydrogen) atoms. The van der Waals surface area contributed by atoms with E-state index < -0.39 is 5.97 Å². The van der Waals surface area contributed by atoms with Crippen LogP contribution in [0.25, 0.3) is 22.0 Å². The van der Waals surface area contributed by atoms with Crippen molar-refractivity contribution >= 4 is 28.5 Å². The van der Waals surface area contributed by atoms with Crippen LogP contribution >= 0.6 is 11.6 Å². The Labute approximate surface area is 127 Å². The van der Waals surface area contributed by atoms with Gasteiger partial charge in [-0.15, -0.1) is 0 Å². The molecule has 0 spiro atoms. The van der Waals surface area contributed by atoms with Crippen LogP contribution in [0.2, 0.25) is 5.02 Å². The average Bonchev–Trinajstić information content (AvgIpc) is 2.77. The Morgan fingerprint density at radius 3 is 2.57 bits per heavy atom. The van der Waals surface area contributed by atoms with Crippen LogP contribution in [0.15, 0.2) is 42.5 Å². The van der Waals surface area contributed by atoms with Gasteiger partial charge in [0.25, 0.3) is 0 Å². The standard InChI is InChI=1S/C17H14ClNO2/c1-10-16(11-5-7-13(18)8-6-11)14-4-2-3-12(9-15(20)21)17(14)19-10/h2-8,19H,9H2,1H3,(H,20,21). The van der Waals surface area contributed by atoms with Gasteiger partial charge in [0.15, 0.2) is 0 Å². The molecule has 0 aliphatic rings. The quantitative estimate of drug-likeness (QED) is 0.752. The number of para-hydroxylation sites is 1. The maximum atomic E-state index is 11.0. The molecule has 0 unspecified atom stereocenters. The monoisotopic (exact) mass is 299 g/mol. The fourth-order valence-electron chi connectivity index (χ4n) is 2.71. The smallest absolute Gasteiger partial charge is 0.307 e. The van der Waals surface area contributed by atoms with Gasteiger partial charge in [0.1, 0.15) is 0 Å². The Morgan fingerprint density at radius 2 is 1.90 bits per heavy atom. The number of carbonyl (C=O) groups is 1. The number of aryl methyl sites for hydroxylation is 1. The molecule has 0 radical (unpaired) electrons. The second-order valence-corrected chi connectivity index (χ2v) is 5.48. The van der Waals surface area contributed by atoms with E-state index in [1.54, 1.807) is 0 Å². The predicted molar refractivity (Wildman–Crippen MR) is 84.8 cm³/mol. The van der Waals surface area contributed by atoms with Crippen molar-refractivity contribution in [1.82, 2.24) is 4.98 Å². The number of fused-ring (bicyclic) bond motifs is 1. The molecule has 3 rings (SSSR count). The van der Waals surface area contributed by atoms with Gasteiger partial charge >= 0.3 is 5.97 Å². The fourth-order valence-corrected chi connectivity index (χ4v) is 2.83. The van der Waals surface area contributed by atoms with E-state index in [0.29, 0.717) is 5.02 Å². The summed E-state index contributed by atoms with van der Waals surface area (Å²) in [4.78, 5) is 14.3. The summed E-state index contributed by atoms with van der Waals surface area (Å²) in [6.45, 7) is 1.99. The number of H-pyrrole nitrogens is 1. The molecule has 0 saturated heterocycles. The number of rotatable bonds is 3. The van der Waals surface area contributed by atoms with Crippen LogP contribution in [0.3, 0.4) is 0 Å². The molecule has 0 bridgehead atoms. The highest BCUT2D eigenvalue weighted by Crippen LogP contribution is 2.34. The van der Waals surface area contributed by atoms with Gasteiger partial charge in [-0.05, 0) is 30.2 Å². The molecule has 0 atom stereocenters. The van der Waals surface area contributed by atoms with Gasteiger partial charge in [-0.1, -0.05) is 41.9 Å². The Hall–Kier alpha value is -2.26. The van der Waals surface area contributed by atoms with E-state index in [4.69, 9.17) is 16.7 Å². The summed E-state index contributed by atoms with van der Waals surface area (Å²) in [6.07, 6.45) is 0.0113. The highest BCUT2D eigenvalue weighted by molar-refractivity contribution is 6.30. The van der Waals surface area contributed by atoms with Crippen molar-refractivity contribution in [2.24, 2.45) is 0 Å². The third-order valence-corrected chi connectivity index (χ3v) is 3.83. The van der Waals surface area contributed by atoms with Crippen molar-refractivity contribution in [2.45, 2.75) is 13.3 Å². The van der Waals surface area contributed by atoms with Crippen molar-refractivity contribution in [3.05, 3.63) is 58.7 Å². The number of benzene rings is 2. The number of halogens is 1. The minimum Gasteiger partial charge on any atom is -0.481 e. The molecule has 3 aromatic rings. The molecule has 0 aliphatic heterocycles. The zero-order valence-electron chi connectivity index (χ0n) is 11.5. The SMILES string of the molecule is Cc1[nH]c2c(CC(=O)O)cccc2c1-c1ccc(Cl)cc1. The number of hydrogen-bond donors (Lipinski definition) is 2. The Bertz CT molecular complexity index is 819. The van der Waals surface area contributed by atoms with Gasteiger partial charge < -0.3 is 10.1 Å². The lowest BCUT2D eigenvalue weighted by molar-refractivity contribution is -0.136. The third-order valence-electron chi connectivity index (χ3n) is 3.58. The average molecular weight is 300 g/mol. The van der Waals surface area contributed by atoms with Crippen LogP contribution in [0, 0.1) is 6.92 Å². The second-order valence-electron chi connectivity index (χ2n) is 5.04. The van der Waals surface area contributed by atoms with E-state index in [-0.39, 0.29) is 6.42 Å². The summed E-state index contributed by atoms with van der Waals surface area (Å²) >= 11 is 5.94. The summed E-state index contributed by atoms with van der Waals surface area (Å²) in [5, 5.41) is 10.8. The van der Waals surface area contributed by atoms with E-state index in [1.165, 1.54) is 0 Å². The Morgan fingerprint density at radius 1 is 1.19 bits per heavy atom. The van der Waals surface area contributed by atoms with Gasteiger partial charge in [0.05, 0.1) is 11.9 Å². The molecule has 3 nitrogen and oxygen atoms in total. The van der Waals surface area contributed by atoms with Gasteiger partial charge in [-0.2, -0.15) is 0 Å². The first kappa shape index (κ1) is 13.7. The summed E-state index contributed by atoms with van der Waals surface area (Å²) in [7, 11) is 0. The van der Waals surface area contributed by atoms with Gasteiger partial charge in [-0.3, -0.25) is 4.79 Å². The number of nitrogens with one attached hydrogen (secondary N) is 1. The number of carboxylic acid groups (broad SMARTS) is 1. The molecular weight excluding hydrogens is 286 g/mol. The normalized spacial score (nSPS) is 11.0. The van der Waals surface area contributed by atoms with E-state index in [2.05, 4.69) is 4.98 Å². The van der Waals surface area contributed by atoms with Gasteiger partial charge in [0.2, 0.25) is 0 Å². The molecule has 1 heterocycles. The first-order valence-corrected chi connectivity index (χ1v) is 7.02. The summed E-state index contributed by atoms with van der Waals surface area (Å²) in [5.74, 6) is -0.831. The maximum absolute atomic E-state index is 11.0. The summed E-state index contributed by atoms with van der Waals surface area (Å²) in [6, 6.07) is 13.4. The number of aromatic amines is 1. The Kier molecular flexibility index (Phi) is 3.43. The van der Waals surface area contributed by atoms with E-state index in [0.717, 1.165) is 33.3 Å². The number of hydrogen-bond acceptors (Lipinski definition) is 1. The molecule has 0 saturated carbocycles. The summed E-state index contributed by atoms with van der Waals surface area (Å²) < 4.78 is 0. The van der Waals surface area contributed by atoms with Gasteiger partial charge in [0, 0.05) is 21.7 Å². The number of aromatic nitrogens is 1. The zero-order chi connectivity index (χ0) is 15.0. The Balaban J connectivity index is 2.22. The van der Waals surface area contributed by atoms with E-state index in [1.807, 2.05) is 49.4 Å². The van der Waals surface area contributed by atoms with Crippen molar-refractivity contribution < 1.29 is 9.90 Å². The minimum atomic E-state index is -0.831. The van der Waals surface area contributed by atoms with Crippen LogP contribution in [0.1, 0.15) is 11.3 Å². The lowest BCUT2D eigenvalue weighted by atomic mass is 10.0. The second kappa shape index (κ2) is 5.26. The number of aliphatic carboxylic acids is 1.